The molecule has 1 aromatic carbocycles. The lowest BCUT2D eigenvalue weighted by Gasteiger charge is -2.41. The summed E-state index contributed by atoms with van der Waals surface area (Å²) >= 11 is 0. The minimum atomic E-state index is -1.10. The normalized spacial score (nSPS) is 19.9. The second-order valence-electron chi connectivity index (χ2n) is 5.51. The second-order valence-corrected chi connectivity index (χ2v) is 5.51. The lowest BCUT2D eigenvalue weighted by atomic mass is 9.72. The molecule has 1 N–H and O–H groups in total. The van der Waals surface area contributed by atoms with Crippen LogP contribution in [0.1, 0.15) is 31.4 Å². The van der Waals surface area contributed by atoms with Gasteiger partial charge < -0.3 is 14.6 Å². The first-order valence-corrected chi connectivity index (χ1v) is 7.20. The maximum absolute atomic E-state index is 12.0. The van der Waals surface area contributed by atoms with Crippen LogP contribution < -0.4 is 0 Å². The maximum atomic E-state index is 12.0. The van der Waals surface area contributed by atoms with Gasteiger partial charge in [-0.25, -0.2) is 0 Å². The highest BCUT2D eigenvalue weighted by molar-refractivity contribution is 5.76. The fourth-order valence-corrected chi connectivity index (χ4v) is 2.94. The average molecular weight is 290 g/mol. The van der Waals surface area contributed by atoms with E-state index in [0.717, 1.165) is 11.1 Å². The van der Waals surface area contributed by atoms with Crippen molar-refractivity contribution >= 4 is 12.0 Å². The predicted molar refractivity (Wildman–Crippen MR) is 80.9 cm³/mol. The molecule has 0 bridgehead atoms. The monoisotopic (exact) mass is 290 g/mol. The summed E-state index contributed by atoms with van der Waals surface area (Å²) in [6.45, 7) is 8.18. The van der Waals surface area contributed by atoms with E-state index in [1.807, 2.05) is 31.2 Å². The third kappa shape index (κ3) is 2.74. The van der Waals surface area contributed by atoms with Gasteiger partial charge in [0.2, 0.25) is 0 Å². The van der Waals surface area contributed by atoms with E-state index in [-0.39, 0.29) is 0 Å². The zero-order chi connectivity index (χ0) is 15.5. The van der Waals surface area contributed by atoms with E-state index in [1.54, 1.807) is 13.0 Å². The predicted octanol–water partition coefficient (Wildman–Crippen LogP) is 3.12. The van der Waals surface area contributed by atoms with E-state index in [1.165, 1.54) is 0 Å². The Kier molecular flexibility index (Phi) is 4.49. The Labute approximate surface area is 125 Å². The Morgan fingerprint density at radius 2 is 1.95 bits per heavy atom. The maximum Gasteiger partial charge on any atom is 0.315 e. The molecule has 0 amide bonds. The van der Waals surface area contributed by atoms with Crippen LogP contribution in [0.2, 0.25) is 0 Å². The number of rotatable bonds is 6. The van der Waals surface area contributed by atoms with Crippen LogP contribution in [0.5, 0.6) is 0 Å². The van der Waals surface area contributed by atoms with E-state index in [9.17, 15) is 9.90 Å². The summed E-state index contributed by atoms with van der Waals surface area (Å²) in [6.07, 6.45) is 2.56. The highest BCUT2D eigenvalue weighted by atomic mass is 16.7. The van der Waals surface area contributed by atoms with Crippen LogP contribution in [0.15, 0.2) is 30.8 Å². The van der Waals surface area contributed by atoms with Gasteiger partial charge in [-0.05, 0) is 30.9 Å². The van der Waals surface area contributed by atoms with Crippen molar-refractivity contribution in [3.05, 3.63) is 42.0 Å². The molecule has 1 aliphatic rings. The molecule has 114 valence electrons. The van der Waals surface area contributed by atoms with Crippen LogP contribution in [0.4, 0.5) is 0 Å². The van der Waals surface area contributed by atoms with Crippen molar-refractivity contribution in [2.75, 3.05) is 13.2 Å². The van der Waals surface area contributed by atoms with Crippen molar-refractivity contribution in [3.63, 3.8) is 0 Å². The molecular formula is C17H22O4. The number of hydrogen-bond donors (Lipinski definition) is 1. The van der Waals surface area contributed by atoms with E-state index in [2.05, 4.69) is 6.58 Å². The summed E-state index contributed by atoms with van der Waals surface area (Å²) in [5.41, 5.74) is 0.861. The molecule has 0 saturated carbocycles. The quantitative estimate of drug-likeness (QED) is 0.874. The van der Waals surface area contributed by atoms with Gasteiger partial charge in [0.15, 0.2) is 5.79 Å². The molecule has 1 aromatic rings. The van der Waals surface area contributed by atoms with Crippen LogP contribution in [-0.2, 0) is 20.7 Å². The minimum absolute atomic E-state index is 0.368. The van der Waals surface area contributed by atoms with Crippen LogP contribution >= 0.6 is 0 Å². The molecule has 1 unspecified atom stereocenters. The van der Waals surface area contributed by atoms with Gasteiger partial charge in [0.25, 0.3) is 0 Å². The van der Waals surface area contributed by atoms with Crippen LogP contribution in [0.25, 0.3) is 6.08 Å². The molecule has 1 fully saturated rings. The number of carboxylic acid groups (broad SMARTS) is 1. The molecule has 0 radical (unpaired) electrons. The topological polar surface area (TPSA) is 55.8 Å². The first-order valence-electron chi connectivity index (χ1n) is 7.20. The minimum Gasteiger partial charge on any atom is -0.481 e. The third-order valence-electron chi connectivity index (χ3n) is 4.44. The lowest BCUT2D eigenvalue weighted by molar-refractivity contribution is -0.233. The molecule has 0 spiro atoms. The molecule has 0 aromatic heterocycles. The number of carboxylic acids is 1. The Balaban J connectivity index is 2.35. The van der Waals surface area contributed by atoms with Gasteiger partial charge in [0.1, 0.15) is 5.41 Å². The van der Waals surface area contributed by atoms with Gasteiger partial charge in [-0.15, -0.1) is 0 Å². The molecule has 21 heavy (non-hydrogen) atoms. The largest absolute Gasteiger partial charge is 0.481 e. The Bertz CT molecular complexity index is 514. The smallest absolute Gasteiger partial charge is 0.315 e. The van der Waals surface area contributed by atoms with Gasteiger partial charge in [0.05, 0.1) is 13.2 Å². The molecule has 1 heterocycles. The summed E-state index contributed by atoms with van der Waals surface area (Å²) in [5.74, 6) is -1.98. The van der Waals surface area contributed by atoms with E-state index < -0.39 is 17.2 Å². The van der Waals surface area contributed by atoms with Gasteiger partial charge >= 0.3 is 5.97 Å². The van der Waals surface area contributed by atoms with Crippen LogP contribution in [-0.4, -0.2) is 30.1 Å². The molecule has 4 nitrogen and oxygen atoms in total. The van der Waals surface area contributed by atoms with Crippen LogP contribution in [0, 0.1) is 5.41 Å². The molecule has 2 rings (SSSR count). The number of ether oxygens (including phenoxy) is 2. The third-order valence-corrected chi connectivity index (χ3v) is 4.44. The second kappa shape index (κ2) is 6.00. The van der Waals surface area contributed by atoms with E-state index >= 15 is 0 Å². The zero-order valence-electron chi connectivity index (χ0n) is 12.6. The highest BCUT2D eigenvalue weighted by Gasteiger charge is 2.56. The van der Waals surface area contributed by atoms with Gasteiger partial charge in [-0.1, -0.05) is 43.8 Å². The molecule has 4 heteroatoms. The van der Waals surface area contributed by atoms with Crippen molar-refractivity contribution in [1.29, 1.82) is 0 Å². The number of hydrogen-bond acceptors (Lipinski definition) is 3. The van der Waals surface area contributed by atoms with Crippen molar-refractivity contribution in [2.24, 2.45) is 5.41 Å². The van der Waals surface area contributed by atoms with Gasteiger partial charge in [0, 0.05) is 0 Å². The van der Waals surface area contributed by atoms with E-state index in [4.69, 9.17) is 9.47 Å². The summed E-state index contributed by atoms with van der Waals surface area (Å²) < 4.78 is 11.3. The summed E-state index contributed by atoms with van der Waals surface area (Å²) in [5, 5.41) is 9.84. The standard InChI is InChI=1S/C17H22O4/c1-4-13-6-8-14(9-7-13)12-17(5-2,15(18)19)16(3)20-10-11-21-16/h4,6-9H,1,5,10-12H2,2-3H3,(H,18,19). The lowest BCUT2D eigenvalue weighted by Crippen LogP contribution is -2.53. The Morgan fingerprint density at radius 1 is 1.38 bits per heavy atom. The SMILES string of the molecule is C=Cc1ccc(CC(CC)(C(=O)O)C2(C)OCCO2)cc1. The molecule has 1 aliphatic heterocycles. The fourth-order valence-electron chi connectivity index (χ4n) is 2.94. The average Bonchev–Trinajstić information content (AvgIpc) is 2.93. The zero-order valence-corrected chi connectivity index (χ0v) is 12.6. The Morgan fingerprint density at radius 3 is 2.38 bits per heavy atom. The number of benzene rings is 1. The number of carbonyl (C=O) groups is 1. The summed E-state index contributed by atoms with van der Waals surface area (Å²) in [6, 6.07) is 7.73. The molecular weight excluding hydrogens is 268 g/mol. The molecule has 1 saturated heterocycles. The van der Waals surface area contributed by atoms with Crippen molar-refractivity contribution in [1.82, 2.24) is 0 Å². The fraction of sp³-hybridized carbons (Fsp3) is 0.471. The first-order chi connectivity index (χ1) is 9.97. The molecule has 1 atom stereocenters. The molecule has 0 aliphatic carbocycles. The van der Waals surface area contributed by atoms with Crippen molar-refractivity contribution < 1.29 is 19.4 Å². The summed E-state index contributed by atoms with van der Waals surface area (Å²) in [4.78, 5) is 12.0. The Hall–Kier alpha value is -1.65. The first kappa shape index (κ1) is 15.7. The summed E-state index contributed by atoms with van der Waals surface area (Å²) in [7, 11) is 0. The number of aliphatic carboxylic acids is 1. The van der Waals surface area contributed by atoms with E-state index in [0.29, 0.717) is 26.1 Å². The van der Waals surface area contributed by atoms with Crippen molar-refractivity contribution in [2.45, 2.75) is 32.5 Å². The van der Waals surface area contributed by atoms with Crippen molar-refractivity contribution in [3.8, 4) is 0 Å². The van der Waals surface area contributed by atoms with Crippen LogP contribution in [0.3, 0.4) is 0 Å². The van der Waals surface area contributed by atoms with Gasteiger partial charge in [-0.2, -0.15) is 0 Å². The van der Waals surface area contributed by atoms with Gasteiger partial charge in [-0.3, -0.25) is 4.79 Å². The highest BCUT2D eigenvalue weighted by Crippen LogP contribution is 2.44.